The topological polar surface area (TPSA) is 65.5 Å². The molecule has 1 aromatic rings. The summed E-state index contributed by atoms with van der Waals surface area (Å²) in [4.78, 5) is 17.4. The van der Waals surface area contributed by atoms with Gasteiger partial charge in [0.1, 0.15) is 6.54 Å². The molecule has 0 radical (unpaired) electrons. The van der Waals surface area contributed by atoms with E-state index in [0.29, 0.717) is 5.96 Å². The van der Waals surface area contributed by atoms with Crippen LogP contribution in [-0.4, -0.2) is 42.8 Å². The van der Waals surface area contributed by atoms with Crippen molar-refractivity contribution < 1.29 is 4.79 Å². The minimum absolute atomic E-state index is 0.0756. The van der Waals surface area contributed by atoms with E-state index in [1.165, 1.54) is 4.90 Å². The molecular weight excluding hydrogens is 308 g/mol. The van der Waals surface area contributed by atoms with E-state index in [1.807, 2.05) is 45.9 Å². The number of benzene rings is 1. The summed E-state index contributed by atoms with van der Waals surface area (Å²) < 4.78 is 0. The van der Waals surface area contributed by atoms with Crippen molar-refractivity contribution >= 4 is 23.6 Å². The Kier molecular flexibility index (Phi) is 8.55. The molecule has 0 fully saturated rings. The van der Waals surface area contributed by atoms with E-state index in [9.17, 15) is 4.79 Å². The van der Waals surface area contributed by atoms with Crippen molar-refractivity contribution in [3.63, 3.8) is 0 Å². The molecule has 0 saturated carbocycles. The SMILES string of the molecule is CCNC(=NCC(=O)NC(C)(C)C)NCCSc1ccccc1. The van der Waals surface area contributed by atoms with E-state index < -0.39 is 0 Å². The summed E-state index contributed by atoms with van der Waals surface area (Å²) in [6.45, 7) is 9.55. The summed E-state index contributed by atoms with van der Waals surface area (Å²) in [5, 5.41) is 9.30. The molecule has 0 unspecified atom stereocenters. The fraction of sp³-hybridized carbons (Fsp3) is 0.529. The molecule has 0 aromatic heterocycles. The van der Waals surface area contributed by atoms with Gasteiger partial charge < -0.3 is 16.0 Å². The Morgan fingerprint density at radius 2 is 1.87 bits per heavy atom. The predicted octanol–water partition coefficient (Wildman–Crippen LogP) is 2.25. The fourth-order valence-corrected chi connectivity index (χ4v) is 2.59. The average Bonchev–Trinajstić information content (AvgIpc) is 2.48. The van der Waals surface area contributed by atoms with Crippen LogP contribution < -0.4 is 16.0 Å². The molecule has 1 rings (SSSR count). The number of amides is 1. The van der Waals surface area contributed by atoms with Gasteiger partial charge in [-0.15, -0.1) is 11.8 Å². The first-order valence-electron chi connectivity index (χ1n) is 7.92. The number of rotatable bonds is 7. The molecule has 128 valence electrons. The van der Waals surface area contributed by atoms with Gasteiger partial charge in [0.15, 0.2) is 5.96 Å². The fourth-order valence-electron chi connectivity index (χ4n) is 1.81. The molecule has 0 aliphatic heterocycles. The highest BCUT2D eigenvalue weighted by molar-refractivity contribution is 7.99. The number of nitrogens with zero attached hydrogens (tertiary/aromatic N) is 1. The maximum absolute atomic E-state index is 11.8. The van der Waals surface area contributed by atoms with Gasteiger partial charge >= 0.3 is 0 Å². The second-order valence-electron chi connectivity index (χ2n) is 6.08. The molecule has 0 atom stereocenters. The monoisotopic (exact) mass is 336 g/mol. The second-order valence-corrected chi connectivity index (χ2v) is 7.25. The number of carbonyl (C=O) groups excluding carboxylic acids is 1. The number of carbonyl (C=O) groups is 1. The summed E-state index contributed by atoms with van der Waals surface area (Å²) in [5.41, 5.74) is -0.231. The van der Waals surface area contributed by atoms with Gasteiger partial charge in [-0.2, -0.15) is 0 Å². The minimum atomic E-state index is -0.231. The van der Waals surface area contributed by atoms with Crippen molar-refractivity contribution in [2.75, 3.05) is 25.4 Å². The normalized spacial score (nSPS) is 11.9. The van der Waals surface area contributed by atoms with Crippen molar-refractivity contribution in [1.82, 2.24) is 16.0 Å². The molecule has 0 aliphatic carbocycles. The average molecular weight is 337 g/mol. The van der Waals surface area contributed by atoms with Gasteiger partial charge in [0.05, 0.1) is 0 Å². The summed E-state index contributed by atoms with van der Waals surface area (Å²) in [5.74, 6) is 1.53. The van der Waals surface area contributed by atoms with Crippen LogP contribution in [0.3, 0.4) is 0 Å². The van der Waals surface area contributed by atoms with Gasteiger partial charge in [-0.25, -0.2) is 4.99 Å². The minimum Gasteiger partial charge on any atom is -0.357 e. The molecule has 0 saturated heterocycles. The number of thioether (sulfide) groups is 1. The lowest BCUT2D eigenvalue weighted by atomic mass is 10.1. The first kappa shape index (κ1) is 19.4. The Morgan fingerprint density at radius 3 is 2.48 bits per heavy atom. The van der Waals surface area contributed by atoms with Crippen LogP contribution in [-0.2, 0) is 4.79 Å². The first-order chi connectivity index (χ1) is 10.9. The van der Waals surface area contributed by atoms with Crippen molar-refractivity contribution in [2.24, 2.45) is 4.99 Å². The number of nitrogens with one attached hydrogen (secondary N) is 3. The number of aliphatic imine (C=N–C) groups is 1. The highest BCUT2D eigenvalue weighted by Crippen LogP contribution is 2.15. The molecular formula is C17H28N4OS. The molecule has 23 heavy (non-hydrogen) atoms. The van der Waals surface area contributed by atoms with E-state index in [2.05, 4.69) is 33.1 Å². The molecule has 6 heteroatoms. The van der Waals surface area contributed by atoms with Crippen LogP contribution in [0.15, 0.2) is 40.2 Å². The first-order valence-corrected chi connectivity index (χ1v) is 8.90. The Morgan fingerprint density at radius 1 is 1.17 bits per heavy atom. The van der Waals surface area contributed by atoms with Crippen molar-refractivity contribution in [1.29, 1.82) is 0 Å². The standard InChI is InChI=1S/C17H28N4OS/c1-5-18-16(20-13-15(22)21-17(2,3)4)19-11-12-23-14-9-7-6-8-10-14/h6-10H,5,11-13H2,1-4H3,(H,21,22)(H2,18,19,20). The smallest absolute Gasteiger partial charge is 0.242 e. The molecule has 1 amide bonds. The Balaban J connectivity index is 2.36. The quantitative estimate of drug-likeness (QED) is 0.309. The van der Waals surface area contributed by atoms with Crippen molar-refractivity contribution in [2.45, 2.75) is 38.1 Å². The second kappa shape index (κ2) is 10.2. The van der Waals surface area contributed by atoms with Crippen molar-refractivity contribution in [3.05, 3.63) is 30.3 Å². The van der Waals surface area contributed by atoms with Crippen LogP contribution in [0.1, 0.15) is 27.7 Å². The summed E-state index contributed by atoms with van der Waals surface area (Å²) >= 11 is 1.79. The van der Waals surface area contributed by atoms with Gasteiger partial charge in [-0.1, -0.05) is 18.2 Å². The van der Waals surface area contributed by atoms with Crippen LogP contribution in [0, 0.1) is 0 Å². The van der Waals surface area contributed by atoms with Crippen LogP contribution in [0.4, 0.5) is 0 Å². The maximum Gasteiger partial charge on any atom is 0.242 e. The zero-order valence-corrected chi connectivity index (χ0v) is 15.3. The zero-order valence-electron chi connectivity index (χ0n) is 14.5. The number of hydrogen-bond acceptors (Lipinski definition) is 3. The maximum atomic E-state index is 11.8. The van der Waals surface area contributed by atoms with E-state index >= 15 is 0 Å². The van der Waals surface area contributed by atoms with E-state index in [-0.39, 0.29) is 18.0 Å². The predicted molar refractivity (Wildman–Crippen MR) is 99.0 cm³/mol. The number of guanidine groups is 1. The van der Waals surface area contributed by atoms with Gasteiger partial charge in [0.2, 0.25) is 5.91 Å². The Labute approximate surface area is 143 Å². The van der Waals surface area contributed by atoms with Crippen LogP contribution in [0.2, 0.25) is 0 Å². The highest BCUT2D eigenvalue weighted by atomic mass is 32.2. The molecule has 3 N–H and O–H groups in total. The molecule has 0 heterocycles. The molecule has 1 aromatic carbocycles. The lowest BCUT2D eigenvalue weighted by molar-refractivity contribution is -0.121. The molecule has 0 bridgehead atoms. The van der Waals surface area contributed by atoms with Gasteiger partial charge in [0, 0.05) is 29.3 Å². The van der Waals surface area contributed by atoms with E-state index in [1.54, 1.807) is 11.8 Å². The van der Waals surface area contributed by atoms with E-state index in [4.69, 9.17) is 0 Å². The summed E-state index contributed by atoms with van der Waals surface area (Å²) in [6, 6.07) is 10.3. The van der Waals surface area contributed by atoms with Crippen molar-refractivity contribution in [3.8, 4) is 0 Å². The summed E-state index contributed by atoms with van der Waals surface area (Å²) in [7, 11) is 0. The lowest BCUT2D eigenvalue weighted by Crippen LogP contribution is -2.43. The molecule has 0 spiro atoms. The Bertz CT molecular complexity index is 497. The van der Waals surface area contributed by atoms with Gasteiger partial charge in [0.25, 0.3) is 0 Å². The molecule has 5 nitrogen and oxygen atoms in total. The third kappa shape index (κ3) is 9.84. The van der Waals surface area contributed by atoms with E-state index in [0.717, 1.165) is 18.8 Å². The third-order valence-electron chi connectivity index (χ3n) is 2.65. The van der Waals surface area contributed by atoms with Crippen LogP contribution in [0.25, 0.3) is 0 Å². The van der Waals surface area contributed by atoms with Gasteiger partial charge in [-0.3, -0.25) is 4.79 Å². The van der Waals surface area contributed by atoms with Gasteiger partial charge in [-0.05, 0) is 39.8 Å². The highest BCUT2D eigenvalue weighted by Gasteiger charge is 2.13. The van der Waals surface area contributed by atoms with Crippen LogP contribution >= 0.6 is 11.8 Å². The third-order valence-corrected chi connectivity index (χ3v) is 3.66. The Hall–Kier alpha value is -1.69. The lowest BCUT2D eigenvalue weighted by Gasteiger charge is -2.20. The summed E-state index contributed by atoms with van der Waals surface area (Å²) in [6.07, 6.45) is 0. The largest absolute Gasteiger partial charge is 0.357 e. The number of hydrogen-bond donors (Lipinski definition) is 3. The molecule has 0 aliphatic rings. The van der Waals surface area contributed by atoms with Crippen LogP contribution in [0.5, 0.6) is 0 Å². The zero-order chi connectivity index (χ0) is 17.1.